The summed E-state index contributed by atoms with van der Waals surface area (Å²) >= 11 is 0. The molecule has 0 bridgehead atoms. The Kier molecular flexibility index (Phi) is 4.58. The number of rotatable bonds is 3. The highest BCUT2D eigenvalue weighted by Crippen LogP contribution is 2.25. The van der Waals surface area contributed by atoms with Gasteiger partial charge >= 0.3 is 0 Å². The predicted molar refractivity (Wildman–Crippen MR) is 63.4 cm³/mol. The van der Waals surface area contributed by atoms with E-state index < -0.39 is 0 Å². The van der Waals surface area contributed by atoms with Crippen LogP contribution in [0.5, 0.6) is 0 Å². The van der Waals surface area contributed by atoms with E-state index in [9.17, 15) is 0 Å². The van der Waals surface area contributed by atoms with Crippen LogP contribution in [0.1, 0.15) is 25.7 Å². The van der Waals surface area contributed by atoms with Gasteiger partial charge in [0.25, 0.3) is 0 Å². The van der Waals surface area contributed by atoms with Gasteiger partial charge in [-0.05, 0) is 25.7 Å². The molecular formula is C12H24N2O2. The van der Waals surface area contributed by atoms with Crippen molar-refractivity contribution < 1.29 is 9.47 Å². The van der Waals surface area contributed by atoms with Gasteiger partial charge in [0.05, 0.1) is 6.10 Å². The van der Waals surface area contributed by atoms with E-state index in [1.54, 1.807) is 0 Å². The summed E-state index contributed by atoms with van der Waals surface area (Å²) in [6, 6.07) is 1.18. The van der Waals surface area contributed by atoms with Crippen molar-refractivity contribution in [2.45, 2.75) is 43.9 Å². The monoisotopic (exact) mass is 228 g/mol. The molecule has 0 aromatic carbocycles. The number of hydrogen-bond donors (Lipinski definition) is 1. The third-order valence-corrected chi connectivity index (χ3v) is 3.98. The molecule has 2 aliphatic heterocycles. The van der Waals surface area contributed by atoms with Crippen molar-refractivity contribution >= 4 is 0 Å². The number of nitrogens with zero attached hydrogens (tertiary/aromatic N) is 1. The summed E-state index contributed by atoms with van der Waals surface area (Å²) < 4.78 is 10.9. The van der Waals surface area contributed by atoms with Gasteiger partial charge in [-0.15, -0.1) is 0 Å². The summed E-state index contributed by atoms with van der Waals surface area (Å²) in [5.41, 5.74) is 5.89. The lowest BCUT2D eigenvalue weighted by atomic mass is 9.94. The minimum Gasteiger partial charge on any atom is -0.381 e. The van der Waals surface area contributed by atoms with Gasteiger partial charge in [0.2, 0.25) is 0 Å². The van der Waals surface area contributed by atoms with Crippen LogP contribution in [0.2, 0.25) is 0 Å². The Labute approximate surface area is 98.1 Å². The third-order valence-electron chi connectivity index (χ3n) is 3.98. The molecule has 2 fully saturated rings. The summed E-state index contributed by atoms with van der Waals surface area (Å²) in [4.78, 5) is 2.60. The maximum Gasteiger partial charge on any atom is 0.0599 e. The fourth-order valence-electron chi connectivity index (χ4n) is 2.98. The van der Waals surface area contributed by atoms with Crippen LogP contribution in [0, 0.1) is 0 Å². The molecule has 2 heterocycles. The van der Waals surface area contributed by atoms with Crippen LogP contribution in [0.4, 0.5) is 0 Å². The van der Waals surface area contributed by atoms with E-state index in [-0.39, 0.29) is 0 Å². The highest BCUT2D eigenvalue weighted by Gasteiger charge is 2.32. The molecule has 2 unspecified atom stereocenters. The average molecular weight is 228 g/mol. The first kappa shape index (κ1) is 12.3. The third kappa shape index (κ3) is 2.74. The van der Waals surface area contributed by atoms with Crippen LogP contribution < -0.4 is 5.73 Å². The summed E-state index contributed by atoms with van der Waals surface area (Å²) in [5.74, 6) is 0. The van der Waals surface area contributed by atoms with Crippen molar-refractivity contribution in [3.63, 3.8) is 0 Å². The van der Waals surface area contributed by atoms with Crippen LogP contribution in [-0.2, 0) is 9.47 Å². The van der Waals surface area contributed by atoms with E-state index >= 15 is 0 Å². The van der Waals surface area contributed by atoms with E-state index in [2.05, 4.69) is 4.90 Å². The lowest BCUT2D eigenvalue weighted by Gasteiger charge is -2.44. The van der Waals surface area contributed by atoms with E-state index in [1.807, 2.05) is 7.11 Å². The zero-order valence-electron chi connectivity index (χ0n) is 10.2. The zero-order valence-corrected chi connectivity index (χ0v) is 10.2. The average Bonchev–Trinajstić information content (AvgIpc) is 2.39. The second-order valence-corrected chi connectivity index (χ2v) is 4.85. The van der Waals surface area contributed by atoms with Gasteiger partial charge in [0.1, 0.15) is 0 Å². The Morgan fingerprint density at radius 1 is 1.31 bits per heavy atom. The van der Waals surface area contributed by atoms with E-state index in [4.69, 9.17) is 15.2 Å². The summed E-state index contributed by atoms with van der Waals surface area (Å²) in [5, 5.41) is 0. The number of methoxy groups -OCH3 is 1. The number of hydrogen-bond acceptors (Lipinski definition) is 4. The fourth-order valence-corrected chi connectivity index (χ4v) is 2.98. The van der Waals surface area contributed by atoms with Gasteiger partial charge in [0.15, 0.2) is 0 Å². The van der Waals surface area contributed by atoms with E-state index in [0.717, 1.165) is 52.0 Å². The number of piperidine rings is 1. The smallest absolute Gasteiger partial charge is 0.0599 e. The molecular weight excluding hydrogens is 204 g/mol. The van der Waals surface area contributed by atoms with Crippen LogP contribution in [0.15, 0.2) is 0 Å². The second-order valence-electron chi connectivity index (χ2n) is 4.85. The Bertz CT molecular complexity index is 207. The topological polar surface area (TPSA) is 47.7 Å². The second kappa shape index (κ2) is 5.96. The number of likely N-dealkylation sites (tertiary alicyclic amines) is 1. The van der Waals surface area contributed by atoms with Crippen molar-refractivity contribution in [3.05, 3.63) is 0 Å². The summed E-state index contributed by atoms with van der Waals surface area (Å²) in [6.45, 7) is 3.70. The van der Waals surface area contributed by atoms with Gasteiger partial charge in [-0.1, -0.05) is 0 Å². The molecule has 2 rings (SSSR count). The molecule has 0 saturated carbocycles. The summed E-state index contributed by atoms with van der Waals surface area (Å²) in [6.07, 6.45) is 4.96. The van der Waals surface area contributed by atoms with Crippen molar-refractivity contribution in [1.82, 2.24) is 4.90 Å². The van der Waals surface area contributed by atoms with Gasteiger partial charge < -0.3 is 15.2 Å². The first-order chi connectivity index (χ1) is 7.85. The SMILES string of the molecule is COC1CCN(C2CCOCC2)C(CN)C1. The maximum absolute atomic E-state index is 5.89. The molecule has 0 aliphatic carbocycles. The molecule has 0 aromatic heterocycles. The largest absolute Gasteiger partial charge is 0.381 e. The van der Waals surface area contributed by atoms with Crippen molar-refractivity contribution in [3.8, 4) is 0 Å². The quantitative estimate of drug-likeness (QED) is 0.768. The Morgan fingerprint density at radius 3 is 2.69 bits per heavy atom. The van der Waals surface area contributed by atoms with Crippen molar-refractivity contribution in [2.75, 3.05) is 33.4 Å². The highest BCUT2D eigenvalue weighted by molar-refractivity contribution is 4.88. The van der Waals surface area contributed by atoms with Crippen molar-refractivity contribution in [2.24, 2.45) is 5.73 Å². The lowest BCUT2D eigenvalue weighted by molar-refractivity contribution is -0.0333. The first-order valence-electron chi connectivity index (χ1n) is 6.41. The van der Waals surface area contributed by atoms with E-state index in [0.29, 0.717) is 18.2 Å². The molecule has 94 valence electrons. The van der Waals surface area contributed by atoms with Gasteiger partial charge in [-0.25, -0.2) is 0 Å². The molecule has 2 saturated heterocycles. The first-order valence-corrected chi connectivity index (χ1v) is 6.41. The van der Waals surface area contributed by atoms with E-state index in [1.165, 1.54) is 0 Å². The van der Waals surface area contributed by atoms with Gasteiger partial charge in [-0.2, -0.15) is 0 Å². The molecule has 0 aromatic rings. The van der Waals surface area contributed by atoms with Crippen LogP contribution in [0.25, 0.3) is 0 Å². The molecule has 2 N–H and O–H groups in total. The van der Waals surface area contributed by atoms with Gasteiger partial charge in [-0.3, -0.25) is 4.90 Å². The molecule has 0 amide bonds. The lowest BCUT2D eigenvalue weighted by Crippen LogP contribution is -2.54. The number of ether oxygens (including phenoxy) is 2. The Hall–Kier alpha value is -0.160. The Balaban J connectivity index is 1.92. The van der Waals surface area contributed by atoms with Crippen molar-refractivity contribution in [1.29, 1.82) is 0 Å². The predicted octanol–water partition coefficient (Wildman–Crippen LogP) is 0.604. The molecule has 0 radical (unpaired) electrons. The molecule has 2 atom stereocenters. The van der Waals surface area contributed by atoms with Crippen LogP contribution >= 0.6 is 0 Å². The zero-order chi connectivity index (χ0) is 11.4. The normalized spacial score (nSPS) is 34.1. The molecule has 4 heteroatoms. The minimum atomic E-state index is 0.407. The highest BCUT2D eigenvalue weighted by atomic mass is 16.5. The Morgan fingerprint density at radius 2 is 2.06 bits per heavy atom. The molecule has 0 spiro atoms. The fraction of sp³-hybridized carbons (Fsp3) is 1.00. The minimum absolute atomic E-state index is 0.407. The summed E-state index contributed by atoms with van der Waals surface area (Å²) in [7, 11) is 1.81. The van der Waals surface area contributed by atoms with Crippen LogP contribution in [0.3, 0.4) is 0 Å². The van der Waals surface area contributed by atoms with Gasteiger partial charge in [0, 0.05) is 45.5 Å². The maximum atomic E-state index is 5.89. The molecule has 16 heavy (non-hydrogen) atoms. The van der Waals surface area contributed by atoms with Crippen LogP contribution in [-0.4, -0.2) is 56.5 Å². The molecule has 2 aliphatic rings. The number of nitrogens with two attached hydrogens (primary N) is 1. The molecule has 4 nitrogen and oxygen atoms in total. The standard InChI is InChI=1S/C12H24N2O2/c1-15-12-2-5-14(11(8-12)9-13)10-3-6-16-7-4-10/h10-12H,2-9,13H2,1H3.